The number of nitrogens with one attached hydrogen (secondary N) is 2. The van der Waals surface area contributed by atoms with Gasteiger partial charge in [0, 0.05) is 30.7 Å². The zero-order valence-corrected chi connectivity index (χ0v) is 21.1. The number of carbonyl (C=O) groups is 2. The molecule has 8 heteroatoms. The second-order valence-corrected chi connectivity index (χ2v) is 11.3. The molecule has 188 valence electrons. The van der Waals surface area contributed by atoms with Crippen LogP contribution in [0.4, 0.5) is 0 Å². The molecule has 1 saturated carbocycles. The molecule has 2 aliphatic rings. The highest BCUT2D eigenvalue weighted by atomic mass is 32.2. The maximum atomic E-state index is 13.1. The first-order valence-corrected chi connectivity index (χ1v) is 14.1. The van der Waals surface area contributed by atoms with Gasteiger partial charge < -0.3 is 10.2 Å². The first-order chi connectivity index (χ1) is 16.9. The lowest BCUT2D eigenvalue weighted by atomic mass is 9.93. The van der Waals surface area contributed by atoms with Gasteiger partial charge in [0.15, 0.2) is 0 Å². The van der Waals surface area contributed by atoms with E-state index < -0.39 is 10.0 Å². The fourth-order valence-corrected chi connectivity index (χ4v) is 6.46. The van der Waals surface area contributed by atoms with Crippen LogP contribution in [0.1, 0.15) is 73.7 Å². The first-order valence-electron chi connectivity index (χ1n) is 12.6. The Morgan fingerprint density at radius 1 is 0.943 bits per heavy atom. The molecule has 0 bridgehead atoms. The number of piperidine rings is 1. The highest BCUT2D eigenvalue weighted by Gasteiger charge is 2.29. The van der Waals surface area contributed by atoms with Gasteiger partial charge in [-0.25, -0.2) is 13.1 Å². The minimum absolute atomic E-state index is 0.0282. The zero-order chi connectivity index (χ0) is 24.8. The molecule has 0 aromatic heterocycles. The SMILES string of the molecule is CCC(C(=O)N1CCC(NC(=O)c2cccc(S(=O)(=O)NC3CCCC3)c2)CC1)c1ccccc1. The molecule has 0 radical (unpaired) electrons. The summed E-state index contributed by atoms with van der Waals surface area (Å²) in [5.41, 5.74) is 1.36. The molecule has 1 saturated heterocycles. The summed E-state index contributed by atoms with van der Waals surface area (Å²) in [6.45, 7) is 3.21. The first kappa shape index (κ1) is 25.4. The van der Waals surface area contributed by atoms with Crippen LogP contribution in [-0.4, -0.2) is 50.3 Å². The van der Waals surface area contributed by atoms with Gasteiger partial charge >= 0.3 is 0 Å². The van der Waals surface area contributed by atoms with E-state index in [1.807, 2.05) is 42.2 Å². The van der Waals surface area contributed by atoms with Gasteiger partial charge in [0.25, 0.3) is 5.91 Å². The van der Waals surface area contributed by atoms with Gasteiger partial charge in [-0.2, -0.15) is 0 Å². The topological polar surface area (TPSA) is 95.6 Å². The Balaban J connectivity index is 1.33. The predicted molar refractivity (Wildman–Crippen MR) is 136 cm³/mol. The third kappa shape index (κ3) is 6.30. The smallest absolute Gasteiger partial charge is 0.251 e. The van der Waals surface area contributed by atoms with Crippen molar-refractivity contribution in [3.8, 4) is 0 Å². The van der Waals surface area contributed by atoms with Gasteiger partial charge in [0.2, 0.25) is 15.9 Å². The Bertz CT molecular complexity index is 1120. The normalized spacial score (nSPS) is 18.4. The van der Waals surface area contributed by atoms with E-state index in [-0.39, 0.29) is 34.7 Å². The van der Waals surface area contributed by atoms with Crippen LogP contribution in [0.25, 0.3) is 0 Å². The van der Waals surface area contributed by atoms with Crippen LogP contribution >= 0.6 is 0 Å². The number of carbonyl (C=O) groups excluding carboxylic acids is 2. The number of hydrogen-bond donors (Lipinski definition) is 2. The van der Waals surface area contributed by atoms with Crippen molar-refractivity contribution in [1.29, 1.82) is 0 Å². The van der Waals surface area contributed by atoms with Crippen LogP contribution in [-0.2, 0) is 14.8 Å². The largest absolute Gasteiger partial charge is 0.349 e. The Morgan fingerprint density at radius 3 is 2.29 bits per heavy atom. The van der Waals surface area contributed by atoms with E-state index in [1.54, 1.807) is 12.1 Å². The summed E-state index contributed by atoms with van der Waals surface area (Å²) in [4.78, 5) is 28.0. The summed E-state index contributed by atoms with van der Waals surface area (Å²) in [6.07, 6.45) is 5.86. The molecule has 1 aliphatic heterocycles. The molecule has 7 nitrogen and oxygen atoms in total. The van der Waals surface area contributed by atoms with E-state index in [2.05, 4.69) is 10.0 Å². The molecule has 2 amide bonds. The number of likely N-dealkylation sites (tertiary alicyclic amines) is 1. The van der Waals surface area contributed by atoms with Crippen molar-refractivity contribution in [2.45, 2.75) is 74.8 Å². The van der Waals surface area contributed by atoms with Gasteiger partial charge in [-0.15, -0.1) is 0 Å². The van der Waals surface area contributed by atoms with E-state index in [0.29, 0.717) is 31.5 Å². The van der Waals surface area contributed by atoms with Crippen molar-refractivity contribution in [1.82, 2.24) is 14.9 Å². The van der Waals surface area contributed by atoms with Crippen LogP contribution < -0.4 is 10.0 Å². The Morgan fingerprint density at radius 2 is 1.63 bits per heavy atom. The molecule has 2 aromatic rings. The van der Waals surface area contributed by atoms with Crippen LogP contribution in [0.2, 0.25) is 0 Å². The Hall–Kier alpha value is -2.71. The van der Waals surface area contributed by atoms with Crippen LogP contribution in [0, 0.1) is 0 Å². The van der Waals surface area contributed by atoms with Crippen molar-refractivity contribution in [3.63, 3.8) is 0 Å². The second-order valence-electron chi connectivity index (χ2n) is 9.58. The summed E-state index contributed by atoms with van der Waals surface area (Å²) in [5.74, 6) is -0.301. The van der Waals surface area contributed by atoms with E-state index in [9.17, 15) is 18.0 Å². The lowest BCUT2D eigenvalue weighted by Crippen LogP contribution is -2.47. The van der Waals surface area contributed by atoms with E-state index in [1.165, 1.54) is 12.1 Å². The Labute approximate surface area is 208 Å². The van der Waals surface area contributed by atoms with Gasteiger partial charge in [-0.05, 0) is 55.9 Å². The van der Waals surface area contributed by atoms with E-state index in [4.69, 9.17) is 0 Å². The lowest BCUT2D eigenvalue weighted by Gasteiger charge is -2.34. The molecule has 2 aromatic carbocycles. The average Bonchev–Trinajstić information content (AvgIpc) is 3.38. The van der Waals surface area contributed by atoms with Crippen molar-refractivity contribution < 1.29 is 18.0 Å². The minimum Gasteiger partial charge on any atom is -0.349 e. The lowest BCUT2D eigenvalue weighted by molar-refractivity contribution is -0.134. The third-order valence-corrected chi connectivity index (χ3v) is 8.65. The van der Waals surface area contributed by atoms with Crippen molar-refractivity contribution >= 4 is 21.8 Å². The van der Waals surface area contributed by atoms with Gasteiger partial charge in [-0.3, -0.25) is 9.59 Å². The van der Waals surface area contributed by atoms with E-state index in [0.717, 1.165) is 37.7 Å². The van der Waals surface area contributed by atoms with Gasteiger partial charge in [0.05, 0.1) is 10.8 Å². The van der Waals surface area contributed by atoms with Crippen LogP contribution in [0.5, 0.6) is 0 Å². The summed E-state index contributed by atoms with van der Waals surface area (Å²) in [7, 11) is -3.66. The highest BCUT2D eigenvalue weighted by Crippen LogP contribution is 2.24. The molecule has 4 rings (SSSR count). The molecular formula is C27H35N3O4S. The van der Waals surface area contributed by atoms with Gasteiger partial charge in [0.1, 0.15) is 0 Å². The van der Waals surface area contributed by atoms with E-state index >= 15 is 0 Å². The minimum atomic E-state index is -3.66. The standard InChI is InChI=1S/C27H35N3O4S/c1-2-25(20-9-4-3-5-10-20)27(32)30-17-15-22(16-18-30)28-26(31)21-11-8-14-24(19-21)35(33,34)29-23-12-6-7-13-23/h3-5,8-11,14,19,22-23,25,29H,2,6-7,12-13,15-18H2,1H3,(H,28,31). The summed E-state index contributed by atoms with van der Waals surface area (Å²) < 4.78 is 28.3. The Kier molecular flexibility index (Phi) is 8.23. The maximum absolute atomic E-state index is 13.1. The predicted octanol–water partition coefficient (Wildman–Crippen LogP) is 3.82. The maximum Gasteiger partial charge on any atom is 0.251 e. The van der Waals surface area contributed by atoms with Gasteiger partial charge in [-0.1, -0.05) is 56.2 Å². The monoisotopic (exact) mass is 497 g/mol. The zero-order valence-electron chi connectivity index (χ0n) is 20.3. The molecule has 1 atom stereocenters. The molecule has 2 N–H and O–H groups in total. The number of hydrogen-bond acceptors (Lipinski definition) is 4. The van der Waals surface area contributed by atoms with Crippen LogP contribution in [0.3, 0.4) is 0 Å². The summed E-state index contributed by atoms with van der Waals surface area (Å²) in [6, 6.07) is 16.0. The molecular weight excluding hydrogens is 462 g/mol. The number of rotatable bonds is 8. The van der Waals surface area contributed by atoms with Crippen LogP contribution in [0.15, 0.2) is 59.5 Å². The summed E-state index contributed by atoms with van der Waals surface area (Å²) in [5, 5.41) is 3.03. The highest BCUT2D eigenvalue weighted by molar-refractivity contribution is 7.89. The summed E-state index contributed by atoms with van der Waals surface area (Å²) >= 11 is 0. The fraction of sp³-hybridized carbons (Fsp3) is 0.481. The fourth-order valence-electron chi connectivity index (χ4n) is 5.11. The molecule has 1 unspecified atom stereocenters. The molecule has 2 fully saturated rings. The number of amides is 2. The van der Waals surface area contributed by atoms with Crippen molar-refractivity contribution in [2.75, 3.05) is 13.1 Å². The van der Waals surface area contributed by atoms with Crippen molar-refractivity contribution in [3.05, 3.63) is 65.7 Å². The second kappa shape index (κ2) is 11.4. The number of benzene rings is 2. The molecule has 1 heterocycles. The number of sulfonamides is 1. The molecule has 35 heavy (non-hydrogen) atoms. The quantitative estimate of drug-likeness (QED) is 0.580. The number of nitrogens with zero attached hydrogens (tertiary/aromatic N) is 1. The molecule has 0 spiro atoms. The van der Waals surface area contributed by atoms with Crippen molar-refractivity contribution in [2.24, 2.45) is 0 Å². The average molecular weight is 498 g/mol. The molecule has 1 aliphatic carbocycles. The third-order valence-electron chi connectivity index (χ3n) is 7.13.